The van der Waals surface area contributed by atoms with E-state index >= 15 is 0 Å². The van der Waals surface area contributed by atoms with Gasteiger partial charge >= 0.3 is 0 Å². The summed E-state index contributed by atoms with van der Waals surface area (Å²) in [6, 6.07) is 5.21. The molecule has 1 rings (SSSR count). The summed E-state index contributed by atoms with van der Waals surface area (Å²) in [5, 5.41) is 17.1. The van der Waals surface area contributed by atoms with E-state index in [0.29, 0.717) is 17.7 Å². The number of hydrogen-bond donors (Lipinski definition) is 2. The van der Waals surface area contributed by atoms with Crippen LogP contribution in [0.15, 0.2) is 18.2 Å². The Morgan fingerprint density at radius 1 is 1.44 bits per heavy atom. The normalized spacial score (nSPS) is 12.2. The first-order valence-electron chi connectivity index (χ1n) is 5.29. The van der Waals surface area contributed by atoms with Gasteiger partial charge < -0.3 is 10.5 Å². The average molecular weight is 219 g/mol. The van der Waals surface area contributed by atoms with Crippen LogP contribution < -0.4 is 0 Å². The first kappa shape index (κ1) is 12.4. The van der Waals surface area contributed by atoms with E-state index in [1.54, 1.807) is 26.0 Å². The Labute approximate surface area is 95.6 Å². The molecule has 0 amide bonds. The van der Waals surface area contributed by atoms with Crippen LogP contribution >= 0.6 is 0 Å². The fourth-order valence-electron chi connectivity index (χ4n) is 1.52. The maximum Gasteiger partial charge on any atom is 0.132 e. The number of phenolic OH excluding ortho intramolecular Hbond substituents is 1. The van der Waals surface area contributed by atoms with E-state index in [1.807, 2.05) is 13.0 Å². The van der Waals surface area contributed by atoms with Crippen molar-refractivity contribution in [3.63, 3.8) is 0 Å². The zero-order valence-corrected chi connectivity index (χ0v) is 9.87. The number of phenols is 1. The molecule has 3 nitrogen and oxygen atoms in total. The van der Waals surface area contributed by atoms with Crippen molar-refractivity contribution in [2.75, 3.05) is 0 Å². The maximum absolute atomic E-state index is 11.1. The maximum atomic E-state index is 11.1. The zero-order chi connectivity index (χ0) is 12.3. The second-order valence-corrected chi connectivity index (χ2v) is 4.19. The van der Waals surface area contributed by atoms with Crippen molar-refractivity contribution < 1.29 is 9.90 Å². The minimum absolute atomic E-state index is 0.0358. The summed E-state index contributed by atoms with van der Waals surface area (Å²) in [6.07, 6.45) is 0.625. The third kappa shape index (κ3) is 2.92. The molecule has 0 radical (unpaired) electrons. The van der Waals surface area contributed by atoms with Gasteiger partial charge in [-0.25, -0.2) is 0 Å². The SMILES string of the molecule is CC(=N)c1ccc(CC(C)C(C)=O)cc1O. The number of aromatic hydroxyl groups is 1. The van der Waals surface area contributed by atoms with Gasteiger partial charge in [0.1, 0.15) is 11.5 Å². The van der Waals surface area contributed by atoms with E-state index in [9.17, 15) is 9.90 Å². The minimum Gasteiger partial charge on any atom is -0.507 e. The van der Waals surface area contributed by atoms with Gasteiger partial charge in [0.25, 0.3) is 0 Å². The Kier molecular flexibility index (Phi) is 3.82. The molecule has 0 saturated carbocycles. The molecule has 2 N–H and O–H groups in total. The van der Waals surface area contributed by atoms with Crippen molar-refractivity contribution in [3.8, 4) is 5.75 Å². The summed E-state index contributed by atoms with van der Waals surface area (Å²) in [5.41, 5.74) is 1.80. The zero-order valence-electron chi connectivity index (χ0n) is 9.87. The molecule has 1 aromatic carbocycles. The summed E-state index contributed by atoms with van der Waals surface area (Å²) in [7, 11) is 0. The van der Waals surface area contributed by atoms with Gasteiger partial charge in [0.2, 0.25) is 0 Å². The first-order chi connectivity index (χ1) is 7.41. The Bertz CT molecular complexity index is 424. The van der Waals surface area contributed by atoms with Crippen molar-refractivity contribution in [1.82, 2.24) is 0 Å². The van der Waals surface area contributed by atoms with Crippen LogP contribution in [-0.2, 0) is 11.2 Å². The second kappa shape index (κ2) is 4.92. The second-order valence-electron chi connectivity index (χ2n) is 4.19. The Hall–Kier alpha value is -1.64. The van der Waals surface area contributed by atoms with Crippen LogP contribution in [-0.4, -0.2) is 16.6 Å². The fraction of sp³-hybridized carbons (Fsp3) is 0.385. The van der Waals surface area contributed by atoms with Gasteiger partial charge in [0.05, 0.1) is 0 Å². The number of carbonyl (C=O) groups excluding carboxylic acids is 1. The molecule has 1 atom stereocenters. The van der Waals surface area contributed by atoms with Crippen LogP contribution in [0.1, 0.15) is 31.9 Å². The molecule has 86 valence electrons. The third-order valence-corrected chi connectivity index (χ3v) is 2.70. The first-order valence-corrected chi connectivity index (χ1v) is 5.29. The molecule has 0 aliphatic rings. The van der Waals surface area contributed by atoms with Crippen molar-refractivity contribution >= 4 is 11.5 Å². The molecule has 0 saturated heterocycles. The predicted octanol–water partition coefficient (Wildman–Crippen LogP) is 2.55. The standard InChI is InChI=1S/C13H17NO2/c1-8(10(3)15)6-11-4-5-12(9(2)14)13(16)7-11/h4-5,7-8,14,16H,6H2,1-3H3. The number of Topliss-reactive ketones (excluding diaryl/α,β-unsaturated/α-hetero) is 1. The predicted molar refractivity (Wildman–Crippen MR) is 64.2 cm³/mol. The molecule has 0 spiro atoms. The fourth-order valence-corrected chi connectivity index (χ4v) is 1.52. The number of carbonyl (C=O) groups is 1. The van der Waals surface area contributed by atoms with Gasteiger partial charge in [-0.15, -0.1) is 0 Å². The van der Waals surface area contributed by atoms with Crippen LogP contribution in [0.5, 0.6) is 5.75 Å². The molecular weight excluding hydrogens is 202 g/mol. The Morgan fingerprint density at radius 2 is 2.06 bits per heavy atom. The minimum atomic E-state index is -0.0358. The number of rotatable bonds is 4. The topological polar surface area (TPSA) is 61.2 Å². The Morgan fingerprint density at radius 3 is 2.50 bits per heavy atom. The molecule has 0 heterocycles. The molecule has 0 aromatic heterocycles. The summed E-state index contributed by atoms with van der Waals surface area (Å²) < 4.78 is 0. The number of nitrogens with one attached hydrogen (secondary N) is 1. The highest BCUT2D eigenvalue weighted by atomic mass is 16.3. The largest absolute Gasteiger partial charge is 0.507 e. The molecule has 0 bridgehead atoms. The lowest BCUT2D eigenvalue weighted by atomic mass is 9.96. The van der Waals surface area contributed by atoms with E-state index in [0.717, 1.165) is 5.56 Å². The van der Waals surface area contributed by atoms with Gasteiger partial charge in [-0.2, -0.15) is 0 Å². The Balaban J connectivity index is 2.89. The van der Waals surface area contributed by atoms with E-state index < -0.39 is 0 Å². The molecule has 3 heteroatoms. The van der Waals surface area contributed by atoms with Gasteiger partial charge in [0.15, 0.2) is 0 Å². The van der Waals surface area contributed by atoms with Gasteiger partial charge in [-0.3, -0.25) is 4.79 Å². The highest BCUT2D eigenvalue weighted by Gasteiger charge is 2.10. The van der Waals surface area contributed by atoms with Crippen LogP contribution in [0.25, 0.3) is 0 Å². The summed E-state index contributed by atoms with van der Waals surface area (Å²) in [6.45, 7) is 5.07. The van der Waals surface area contributed by atoms with Crippen LogP contribution in [0.2, 0.25) is 0 Å². The van der Waals surface area contributed by atoms with Gasteiger partial charge in [-0.1, -0.05) is 13.0 Å². The highest BCUT2D eigenvalue weighted by molar-refractivity contribution is 5.98. The van der Waals surface area contributed by atoms with Crippen molar-refractivity contribution in [3.05, 3.63) is 29.3 Å². The smallest absolute Gasteiger partial charge is 0.132 e. The lowest BCUT2D eigenvalue weighted by molar-refractivity contribution is -0.120. The lowest BCUT2D eigenvalue weighted by Crippen LogP contribution is -2.09. The van der Waals surface area contributed by atoms with Gasteiger partial charge in [-0.05, 0) is 38.0 Å². The number of ketones is 1. The van der Waals surface area contributed by atoms with Crippen LogP contribution in [0.3, 0.4) is 0 Å². The monoisotopic (exact) mass is 219 g/mol. The highest BCUT2D eigenvalue weighted by Crippen LogP contribution is 2.21. The van der Waals surface area contributed by atoms with E-state index in [2.05, 4.69) is 0 Å². The van der Waals surface area contributed by atoms with Crippen molar-refractivity contribution in [1.29, 1.82) is 5.41 Å². The lowest BCUT2D eigenvalue weighted by Gasteiger charge is -2.09. The summed E-state index contributed by atoms with van der Waals surface area (Å²) in [4.78, 5) is 11.1. The quantitative estimate of drug-likeness (QED) is 0.764. The van der Waals surface area contributed by atoms with Crippen LogP contribution in [0.4, 0.5) is 0 Å². The number of benzene rings is 1. The van der Waals surface area contributed by atoms with Crippen molar-refractivity contribution in [2.24, 2.45) is 5.92 Å². The third-order valence-electron chi connectivity index (χ3n) is 2.70. The molecule has 0 fully saturated rings. The van der Waals surface area contributed by atoms with Crippen molar-refractivity contribution in [2.45, 2.75) is 27.2 Å². The van der Waals surface area contributed by atoms with E-state index in [-0.39, 0.29) is 17.5 Å². The molecule has 0 aliphatic carbocycles. The molecular formula is C13H17NO2. The average Bonchev–Trinajstić information content (AvgIpc) is 2.16. The number of hydrogen-bond acceptors (Lipinski definition) is 3. The molecule has 0 aliphatic heterocycles. The van der Waals surface area contributed by atoms with Gasteiger partial charge in [0, 0.05) is 17.2 Å². The van der Waals surface area contributed by atoms with Crippen LogP contribution in [0, 0.1) is 11.3 Å². The summed E-state index contributed by atoms with van der Waals surface area (Å²) in [5.74, 6) is 0.221. The molecule has 1 unspecified atom stereocenters. The molecule has 1 aromatic rings. The van der Waals surface area contributed by atoms with E-state index in [1.165, 1.54) is 0 Å². The summed E-state index contributed by atoms with van der Waals surface area (Å²) >= 11 is 0. The molecule has 16 heavy (non-hydrogen) atoms. The van der Waals surface area contributed by atoms with E-state index in [4.69, 9.17) is 5.41 Å².